The van der Waals surface area contributed by atoms with Crippen LogP contribution in [0, 0.1) is 23.7 Å². The topological polar surface area (TPSA) is 30.5 Å². The van der Waals surface area contributed by atoms with Crippen LogP contribution >= 0.6 is 0 Å². The summed E-state index contributed by atoms with van der Waals surface area (Å²) < 4.78 is 11.8. The maximum Gasteiger partial charge on any atom is 0.161 e. The van der Waals surface area contributed by atoms with Gasteiger partial charge in [0.25, 0.3) is 0 Å². The lowest BCUT2D eigenvalue weighted by atomic mass is 9.43. The standard InChI is InChI=1S/C28H37NO2/c1-20-7-5-6-8-23(20)16-31-24-10-9-21(11-25(24)30-4)15-29-28-14-22-12-26(2,18-28)17-27(3,13-22)19-28/h5-11,22,29H,12-19H2,1-4H3/t22?,26-,27+,28?. The first kappa shape index (κ1) is 20.9. The third-order valence-electron chi connectivity index (χ3n) is 8.17. The van der Waals surface area contributed by atoms with Crippen molar-refractivity contribution in [1.29, 1.82) is 0 Å². The molecule has 0 heterocycles. The molecule has 0 aliphatic heterocycles. The van der Waals surface area contributed by atoms with E-state index in [1.807, 2.05) is 0 Å². The molecule has 4 saturated carbocycles. The van der Waals surface area contributed by atoms with E-state index in [-0.39, 0.29) is 0 Å². The SMILES string of the molecule is COc1cc(CNC23CC4C[C@@](C)(C2)C[C@](C)(C4)C3)ccc1OCc1ccccc1C. The number of rotatable bonds is 7. The number of hydrogen-bond acceptors (Lipinski definition) is 3. The summed E-state index contributed by atoms with van der Waals surface area (Å²) in [6, 6.07) is 14.8. The molecule has 31 heavy (non-hydrogen) atoms. The number of aryl methyl sites for hydroxylation is 1. The predicted octanol–water partition coefficient (Wildman–Crippen LogP) is 6.42. The molecule has 0 amide bonds. The van der Waals surface area contributed by atoms with Crippen LogP contribution in [0.25, 0.3) is 0 Å². The fourth-order valence-electron chi connectivity index (χ4n) is 7.80. The number of hydrogen-bond donors (Lipinski definition) is 1. The minimum atomic E-state index is 0.316. The van der Waals surface area contributed by atoms with Gasteiger partial charge in [-0.3, -0.25) is 0 Å². The molecule has 0 radical (unpaired) electrons. The van der Waals surface area contributed by atoms with Crippen molar-refractivity contribution in [3.05, 3.63) is 59.2 Å². The quantitative estimate of drug-likeness (QED) is 0.561. The Labute approximate surface area is 187 Å². The van der Waals surface area contributed by atoms with E-state index < -0.39 is 0 Å². The van der Waals surface area contributed by atoms with Gasteiger partial charge in [0.15, 0.2) is 11.5 Å². The largest absolute Gasteiger partial charge is 0.493 e. The van der Waals surface area contributed by atoms with Crippen LogP contribution < -0.4 is 14.8 Å². The van der Waals surface area contributed by atoms with Crippen LogP contribution in [-0.2, 0) is 13.2 Å². The fraction of sp³-hybridized carbons (Fsp3) is 0.571. The van der Waals surface area contributed by atoms with E-state index >= 15 is 0 Å². The van der Waals surface area contributed by atoms with Crippen LogP contribution in [0.1, 0.15) is 69.1 Å². The van der Waals surface area contributed by atoms with E-state index in [2.05, 4.69) is 68.6 Å². The van der Waals surface area contributed by atoms with Crippen molar-refractivity contribution >= 4 is 0 Å². The van der Waals surface area contributed by atoms with Crippen LogP contribution in [0.2, 0.25) is 0 Å². The summed E-state index contributed by atoms with van der Waals surface area (Å²) in [5.41, 5.74) is 5.11. The Morgan fingerprint density at radius 3 is 2.35 bits per heavy atom. The Bertz CT molecular complexity index is 949. The van der Waals surface area contributed by atoms with Gasteiger partial charge in [-0.15, -0.1) is 0 Å². The highest BCUT2D eigenvalue weighted by Gasteiger charge is 2.59. The minimum absolute atomic E-state index is 0.316. The summed E-state index contributed by atoms with van der Waals surface area (Å²) in [7, 11) is 1.73. The highest BCUT2D eigenvalue weighted by Crippen LogP contribution is 2.66. The summed E-state index contributed by atoms with van der Waals surface area (Å²) in [6.45, 7) is 8.65. The van der Waals surface area contributed by atoms with Gasteiger partial charge in [-0.25, -0.2) is 0 Å². The summed E-state index contributed by atoms with van der Waals surface area (Å²) >= 11 is 0. The highest BCUT2D eigenvalue weighted by molar-refractivity contribution is 5.43. The second-order valence-corrected chi connectivity index (χ2v) is 11.5. The molecule has 4 aliphatic rings. The van der Waals surface area contributed by atoms with Crippen molar-refractivity contribution in [3.8, 4) is 11.5 Å². The third kappa shape index (κ3) is 4.09. The molecule has 0 saturated heterocycles. The van der Waals surface area contributed by atoms with Gasteiger partial charge >= 0.3 is 0 Å². The molecular weight excluding hydrogens is 382 g/mol. The Kier molecular flexibility index (Phi) is 5.08. The lowest BCUT2D eigenvalue weighted by molar-refractivity contribution is -0.118. The number of ether oxygens (including phenoxy) is 2. The highest BCUT2D eigenvalue weighted by atomic mass is 16.5. The van der Waals surface area contributed by atoms with Crippen molar-refractivity contribution in [2.45, 2.75) is 78.0 Å². The van der Waals surface area contributed by atoms with E-state index in [4.69, 9.17) is 9.47 Å². The van der Waals surface area contributed by atoms with Gasteiger partial charge < -0.3 is 14.8 Å². The molecule has 166 valence electrons. The van der Waals surface area contributed by atoms with Crippen molar-refractivity contribution in [1.82, 2.24) is 5.32 Å². The van der Waals surface area contributed by atoms with Crippen molar-refractivity contribution in [2.24, 2.45) is 16.7 Å². The monoisotopic (exact) mass is 419 g/mol. The first-order valence-corrected chi connectivity index (χ1v) is 11.9. The maximum atomic E-state index is 6.11. The normalized spacial score (nSPS) is 33.5. The number of nitrogens with one attached hydrogen (secondary N) is 1. The molecule has 2 unspecified atom stereocenters. The Morgan fingerprint density at radius 2 is 1.68 bits per heavy atom. The van der Waals surface area contributed by atoms with E-state index in [1.165, 1.54) is 55.2 Å². The van der Waals surface area contributed by atoms with Gasteiger partial charge in [0, 0.05) is 12.1 Å². The first-order valence-electron chi connectivity index (χ1n) is 11.9. The number of benzene rings is 2. The van der Waals surface area contributed by atoms with Crippen LogP contribution in [0.4, 0.5) is 0 Å². The molecule has 4 aliphatic carbocycles. The zero-order valence-electron chi connectivity index (χ0n) is 19.6. The summed E-state index contributed by atoms with van der Waals surface area (Å²) in [4.78, 5) is 0. The maximum absolute atomic E-state index is 6.11. The first-order chi connectivity index (χ1) is 14.8. The van der Waals surface area contributed by atoms with Gasteiger partial charge in [-0.1, -0.05) is 44.2 Å². The van der Waals surface area contributed by atoms with Gasteiger partial charge in [0.1, 0.15) is 6.61 Å². The van der Waals surface area contributed by atoms with Crippen molar-refractivity contribution in [2.75, 3.05) is 7.11 Å². The third-order valence-corrected chi connectivity index (χ3v) is 8.17. The second-order valence-electron chi connectivity index (χ2n) is 11.5. The molecule has 4 bridgehead atoms. The van der Waals surface area contributed by atoms with Gasteiger partial charge in [0.05, 0.1) is 7.11 Å². The molecule has 2 aromatic carbocycles. The van der Waals surface area contributed by atoms with Crippen molar-refractivity contribution in [3.63, 3.8) is 0 Å². The second kappa shape index (κ2) is 7.55. The van der Waals surface area contributed by atoms with Crippen molar-refractivity contribution < 1.29 is 9.47 Å². The molecule has 0 aromatic heterocycles. The zero-order valence-corrected chi connectivity index (χ0v) is 19.6. The lowest BCUT2D eigenvalue weighted by Gasteiger charge is -2.65. The Hall–Kier alpha value is -2.00. The van der Waals surface area contributed by atoms with Crippen LogP contribution in [0.5, 0.6) is 11.5 Å². The van der Waals surface area contributed by atoms with E-state index in [0.717, 1.165) is 24.0 Å². The molecule has 4 fully saturated rings. The lowest BCUT2D eigenvalue weighted by Crippen LogP contribution is -2.63. The van der Waals surface area contributed by atoms with Crippen LogP contribution in [-0.4, -0.2) is 12.6 Å². The molecule has 3 heteroatoms. The van der Waals surface area contributed by atoms with Gasteiger partial charge in [-0.2, -0.15) is 0 Å². The zero-order chi connectivity index (χ0) is 21.7. The smallest absolute Gasteiger partial charge is 0.161 e. The summed E-state index contributed by atoms with van der Waals surface area (Å²) in [5, 5.41) is 4.03. The Balaban J connectivity index is 1.27. The average molecular weight is 420 g/mol. The van der Waals surface area contributed by atoms with Crippen LogP contribution in [0.3, 0.4) is 0 Å². The summed E-state index contributed by atoms with van der Waals surface area (Å²) in [5.74, 6) is 2.53. The molecule has 1 N–H and O–H groups in total. The van der Waals surface area contributed by atoms with E-state index in [0.29, 0.717) is 23.0 Å². The van der Waals surface area contributed by atoms with E-state index in [9.17, 15) is 0 Å². The van der Waals surface area contributed by atoms with E-state index in [1.54, 1.807) is 7.11 Å². The van der Waals surface area contributed by atoms with Crippen LogP contribution in [0.15, 0.2) is 42.5 Å². The summed E-state index contributed by atoms with van der Waals surface area (Å²) in [6.07, 6.45) is 8.31. The molecule has 2 aromatic rings. The van der Waals surface area contributed by atoms with Gasteiger partial charge in [-0.05, 0) is 91.0 Å². The Morgan fingerprint density at radius 1 is 0.935 bits per heavy atom. The minimum Gasteiger partial charge on any atom is -0.493 e. The molecule has 4 atom stereocenters. The molecular formula is C28H37NO2. The molecule has 3 nitrogen and oxygen atoms in total. The van der Waals surface area contributed by atoms with Gasteiger partial charge in [0.2, 0.25) is 0 Å². The average Bonchev–Trinajstić information content (AvgIpc) is 2.69. The fourth-order valence-corrected chi connectivity index (χ4v) is 7.80. The molecule has 6 rings (SSSR count). The molecule has 0 spiro atoms. The number of methoxy groups -OCH3 is 1. The predicted molar refractivity (Wildman–Crippen MR) is 125 cm³/mol.